The van der Waals surface area contributed by atoms with Crippen LogP contribution in [0.5, 0.6) is 0 Å². The minimum atomic E-state index is -0.567. The van der Waals surface area contributed by atoms with Crippen LogP contribution in [0, 0.1) is 24.1 Å². The lowest BCUT2D eigenvalue weighted by Crippen LogP contribution is -1.98. The first-order valence-corrected chi connectivity index (χ1v) is 9.93. The molecule has 0 radical (unpaired) electrons. The number of fused-ring (bicyclic) bond motifs is 1. The Morgan fingerprint density at radius 3 is 2.52 bits per heavy atom. The van der Waals surface area contributed by atoms with E-state index in [0.29, 0.717) is 32.5 Å². The van der Waals surface area contributed by atoms with E-state index in [4.69, 9.17) is 38.4 Å². The third-order valence-corrected chi connectivity index (χ3v) is 5.49. The molecule has 0 aliphatic rings. The fraction of sp³-hybridized carbons (Fsp3) is 0.0526. The Kier molecular flexibility index (Phi) is 6.91. The molecule has 3 aromatic heterocycles. The number of nitrogens with one attached hydrogen (secondary N) is 1. The molecule has 0 aliphatic carbocycles. The molecule has 2 N–H and O–H groups in total. The van der Waals surface area contributed by atoms with Gasteiger partial charge >= 0.3 is 0 Å². The number of carbonyl (C=O) groups is 1. The van der Waals surface area contributed by atoms with Crippen molar-refractivity contribution in [1.29, 1.82) is 5.26 Å². The molecule has 0 spiro atoms. The van der Waals surface area contributed by atoms with Gasteiger partial charge in [0.2, 0.25) is 0 Å². The Labute approximate surface area is 189 Å². The summed E-state index contributed by atoms with van der Waals surface area (Å²) >= 11 is 13.8. The number of rotatable bonds is 3. The highest BCUT2D eigenvalue weighted by Gasteiger charge is 2.19. The van der Waals surface area contributed by atoms with Crippen molar-refractivity contribution in [2.75, 3.05) is 5.32 Å². The molecule has 0 bridgehead atoms. The quantitative estimate of drug-likeness (QED) is 0.385. The number of carboxylic acid groups (broad SMARTS) is 1. The van der Waals surface area contributed by atoms with E-state index in [0.717, 1.165) is 11.9 Å². The number of aryl methyl sites for hydroxylation is 1. The molecule has 0 saturated carbocycles. The van der Waals surface area contributed by atoms with E-state index >= 15 is 0 Å². The van der Waals surface area contributed by atoms with E-state index in [9.17, 15) is 4.39 Å². The minimum absolute atomic E-state index is 0.139. The summed E-state index contributed by atoms with van der Waals surface area (Å²) in [7, 11) is 0. The molecular formula is C19H11Cl2FN6O2S. The van der Waals surface area contributed by atoms with Crippen LogP contribution in [-0.2, 0) is 4.79 Å². The second-order valence-electron chi connectivity index (χ2n) is 5.85. The number of anilines is 2. The molecule has 0 amide bonds. The van der Waals surface area contributed by atoms with E-state index in [1.165, 1.54) is 29.8 Å². The number of pyridine rings is 1. The topological polar surface area (TPSA) is 125 Å². The van der Waals surface area contributed by atoms with Gasteiger partial charge in [0.05, 0.1) is 27.9 Å². The molecule has 4 aromatic rings. The normalized spacial score (nSPS) is 10.2. The number of aromatic nitrogens is 4. The second-order valence-corrected chi connectivity index (χ2v) is 7.67. The number of nitriles is 1. The predicted octanol–water partition coefficient (Wildman–Crippen LogP) is 5.22. The summed E-state index contributed by atoms with van der Waals surface area (Å²) < 4.78 is 14.8. The van der Waals surface area contributed by atoms with E-state index in [1.54, 1.807) is 6.07 Å². The third-order valence-electron chi connectivity index (χ3n) is 3.81. The number of hydrogen-bond donors (Lipinski definition) is 2. The summed E-state index contributed by atoms with van der Waals surface area (Å²) in [6.45, 7) is 1.58. The monoisotopic (exact) mass is 476 g/mol. The van der Waals surface area contributed by atoms with E-state index in [-0.39, 0.29) is 22.0 Å². The first kappa shape index (κ1) is 22.3. The fourth-order valence-corrected chi connectivity index (χ4v) is 4.44. The Hall–Kier alpha value is -3.39. The molecular weight excluding hydrogens is 466 g/mol. The number of nitrogens with zero attached hydrogens (tertiary/aromatic N) is 5. The lowest BCUT2D eigenvalue weighted by Gasteiger charge is -2.05. The summed E-state index contributed by atoms with van der Waals surface area (Å²) in [5.74, 6) is 0.360. The van der Waals surface area contributed by atoms with Crippen LogP contribution in [0.15, 0.2) is 30.7 Å². The highest BCUT2D eigenvalue weighted by atomic mass is 35.5. The first-order chi connectivity index (χ1) is 14.9. The molecule has 12 heteroatoms. The Balaban J connectivity index is 0.000000858. The third kappa shape index (κ3) is 4.86. The van der Waals surface area contributed by atoms with Gasteiger partial charge in [-0.05, 0) is 19.1 Å². The van der Waals surface area contributed by atoms with Crippen molar-refractivity contribution in [2.24, 2.45) is 0 Å². The van der Waals surface area contributed by atoms with Crippen molar-refractivity contribution in [3.05, 3.63) is 57.8 Å². The largest absolute Gasteiger partial charge is 0.483 e. The molecule has 0 atom stereocenters. The summed E-state index contributed by atoms with van der Waals surface area (Å²) in [4.78, 5) is 25.0. The standard InChI is InChI=1S/C18H9Cl2FN6S.CH2O2/c1-8-2-13(25-7-24-8)26-17-16-15(12(21)6-23-17)27-18(28-16)14-10(19)3-9(5-22)4-11(14)20;2-1-3/h2-4,6-7H,1H3,(H,23,24,25,26);1H,(H,2,3). The van der Waals surface area contributed by atoms with E-state index in [1.807, 2.05) is 13.0 Å². The average molecular weight is 477 g/mol. The molecule has 3 heterocycles. The van der Waals surface area contributed by atoms with Crippen molar-refractivity contribution in [3.63, 3.8) is 0 Å². The van der Waals surface area contributed by atoms with E-state index in [2.05, 4.69) is 25.3 Å². The van der Waals surface area contributed by atoms with Crippen LogP contribution in [0.4, 0.5) is 16.0 Å². The number of hydrogen-bond acceptors (Lipinski definition) is 8. The number of thiazole rings is 1. The van der Waals surface area contributed by atoms with Gasteiger partial charge in [-0.2, -0.15) is 5.26 Å². The summed E-state index contributed by atoms with van der Waals surface area (Å²) in [5, 5.41) is 19.9. The van der Waals surface area contributed by atoms with Crippen LogP contribution < -0.4 is 5.32 Å². The van der Waals surface area contributed by atoms with Gasteiger partial charge in [-0.1, -0.05) is 23.2 Å². The van der Waals surface area contributed by atoms with Crippen LogP contribution >= 0.6 is 34.5 Å². The van der Waals surface area contributed by atoms with Crippen LogP contribution in [0.25, 0.3) is 20.8 Å². The van der Waals surface area contributed by atoms with Crippen molar-refractivity contribution in [2.45, 2.75) is 6.92 Å². The highest BCUT2D eigenvalue weighted by Crippen LogP contribution is 2.41. The van der Waals surface area contributed by atoms with Crippen molar-refractivity contribution in [3.8, 4) is 16.6 Å². The average Bonchev–Trinajstić information content (AvgIpc) is 3.16. The number of halogens is 3. The van der Waals surface area contributed by atoms with Crippen molar-refractivity contribution < 1.29 is 14.3 Å². The van der Waals surface area contributed by atoms with Crippen molar-refractivity contribution in [1.82, 2.24) is 19.9 Å². The Bertz CT molecular complexity index is 1300. The molecule has 0 aliphatic heterocycles. The zero-order chi connectivity index (χ0) is 22.5. The SMILES string of the molecule is Cc1cc(Nc2ncc(F)c3nc(-c4c(Cl)cc(C#N)cc4Cl)sc23)ncn1.O=CO. The Morgan fingerprint density at radius 2 is 1.90 bits per heavy atom. The minimum Gasteiger partial charge on any atom is -0.483 e. The number of benzene rings is 1. The fourth-order valence-electron chi connectivity index (χ4n) is 2.57. The smallest absolute Gasteiger partial charge is 0.290 e. The van der Waals surface area contributed by atoms with Crippen LogP contribution in [-0.4, -0.2) is 31.5 Å². The van der Waals surface area contributed by atoms with Gasteiger partial charge in [-0.3, -0.25) is 4.79 Å². The Morgan fingerprint density at radius 1 is 1.23 bits per heavy atom. The zero-order valence-electron chi connectivity index (χ0n) is 15.6. The van der Waals surface area contributed by atoms with Gasteiger partial charge in [-0.15, -0.1) is 11.3 Å². The molecule has 0 saturated heterocycles. The molecule has 0 fully saturated rings. The van der Waals surface area contributed by atoms with Gasteiger partial charge in [0, 0.05) is 17.3 Å². The highest BCUT2D eigenvalue weighted by molar-refractivity contribution is 7.22. The molecule has 0 unspecified atom stereocenters. The van der Waals surface area contributed by atoms with Gasteiger partial charge in [-0.25, -0.2) is 24.3 Å². The molecule has 1 aromatic carbocycles. The summed E-state index contributed by atoms with van der Waals surface area (Å²) in [6, 6.07) is 6.71. The summed E-state index contributed by atoms with van der Waals surface area (Å²) in [5.41, 5.74) is 1.68. The lowest BCUT2D eigenvalue weighted by atomic mass is 10.1. The molecule has 31 heavy (non-hydrogen) atoms. The van der Waals surface area contributed by atoms with Gasteiger partial charge < -0.3 is 10.4 Å². The lowest BCUT2D eigenvalue weighted by molar-refractivity contribution is -0.122. The van der Waals surface area contributed by atoms with Gasteiger partial charge in [0.15, 0.2) is 11.6 Å². The van der Waals surface area contributed by atoms with Crippen molar-refractivity contribution >= 4 is 62.9 Å². The van der Waals surface area contributed by atoms with Gasteiger partial charge in [0.25, 0.3) is 6.47 Å². The maximum absolute atomic E-state index is 14.3. The van der Waals surface area contributed by atoms with E-state index < -0.39 is 5.82 Å². The maximum Gasteiger partial charge on any atom is 0.290 e. The first-order valence-electron chi connectivity index (χ1n) is 8.36. The maximum atomic E-state index is 14.3. The molecule has 4 rings (SSSR count). The zero-order valence-corrected chi connectivity index (χ0v) is 17.9. The molecule has 156 valence electrons. The van der Waals surface area contributed by atoms with Crippen LogP contribution in [0.1, 0.15) is 11.3 Å². The van der Waals surface area contributed by atoms with Gasteiger partial charge in [0.1, 0.15) is 27.4 Å². The summed E-state index contributed by atoms with van der Waals surface area (Å²) in [6.07, 6.45) is 2.51. The second kappa shape index (κ2) is 9.61. The van der Waals surface area contributed by atoms with Crippen LogP contribution in [0.3, 0.4) is 0 Å². The molecule has 8 nitrogen and oxygen atoms in total. The van der Waals surface area contributed by atoms with Crippen LogP contribution in [0.2, 0.25) is 10.0 Å². The predicted molar refractivity (Wildman–Crippen MR) is 116 cm³/mol.